The van der Waals surface area contributed by atoms with Gasteiger partial charge in [-0.1, -0.05) is 41.9 Å². The number of carbonyl (C=O) groups is 2. The number of nitrogens with one attached hydrogen (secondary N) is 2. The number of aryl methyl sites for hydroxylation is 1. The number of hydrogen-bond acceptors (Lipinski definition) is 5. The van der Waals surface area contributed by atoms with Crippen molar-refractivity contribution >= 4 is 40.9 Å². The Morgan fingerprint density at radius 2 is 1.80 bits per heavy atom. The number of hydrogen-bond donors (Lipinski definition) is 2. The van der Waals surface area contributed by atoms with E-state index < -0.39 is 5.91 Å². The first-order valence-electron chi connectivity index (χ1n) is 10.7. The zero-order valence-electron chi connectivity index (χ0n) is 19.5. The minimum absolute atomic E-state index is 0.111. The lowest BCUT2D eigenvalue weighted by Crippen LogP contribution is -2.20. The van der Waals surface area contributed by atoms with Gasteiger partial charge in [-0.3, -0.25) is 9.59 Å². The second-order valence-corrected chi connectivity index (χ2v) is 8.02. The first-order valence-corrected chi connectivity index (χ1v) is 11.0. The Labute approximate surface area is 208 Å². The van der Waals surface area contributed by atoms with Crippen molar-refractivity contribution in [2.75, 3.05) is 24.4 Å². The number of nitriles is 1. The van der Waals surface area contributed by atoms with Gasteiger partial charge in [-0.25, -0.2) is 0 Å². The minimum atomic E-state index is -0.547. The molecule has 178 valence electrons. The molecule has 0 spiro atoms. The molecule has 0 aromatic heterocycles. The number of ether oxygens (including phenoxy) is 2. The number of benzene rings is 3. The molecule has 0 saturated carbocycles. The predicted octanol–water partition coefficient (Wildman–Crippen LogP) is 5.53. The largest absolute Gasteiger partial charge is 0.493 e. The highest BCUT2D eigenvalue weighted by Crippen LogP contribution is 2.37. The van der Waals surface area contributed by atoms with E-state index in [0.29, 0.717) is 16.9 Å². The Morgan fingerprint density at radius 1 is 1.06 bits per heavy atom. The van der Waals surface area contributed by atoms with Gasteiger partial charge in [0.15, 0.2) is 18.1 Å². The lowest BCUT2D eigenvalue weighted by atomic mass is 10.1. The zero-order valence-corrected chi connectivity index (χ0v) is 20.3. The molecule has 3 aromatic carbocycles. The third-order valence-corrected chi connectivity index (χ3v) is 5.47. The maximum atomic E-state index is 12.7. The van der Waals surface area contributed by atoms with Gasteiger partial charge < -0.3 is 20.1 Å². The summed E-state index contributed by atoms with van der Waals surface area (Å²) in [5, 5.41) is 15.2. The fourth-order valence-electron chi connectivity index (χ4n) is 3.21. The summed E-state index contributed by atoms with van der Waals surface area (Å²) in [4.78, 5) is 24.9. The molecule has 2 amide bonds. The quantitative estimate of drug-likeness (QED) is 0.320. The molecule has 8 heteroatoms. The number of anilines is 2. The Bertz CT molecular complexity index is 1310. The third-order valence-electron chi connectivity index (χ3n) is 5.19. The van der Waals surface area contributed by atoms with Gasteiger partial charge in [0.05, 0.1) is 12.1 Å². The summed E-state index contributed by atoms with van der Waals surface area (Å²) >= 11 is 6.38. The normalized spacial score (nSPS) is 10.8. The number of methoxy groups -OCH3 is 1. The molecule has 0 aliphatic carbocycles. The van der Waals surface area contributed by atoms with Crippen LogP contribution in [-0.2, 0) is 9.59 Å². The van der Waals surface area contributed by atoms with Crippen LogP contribution in [-0.4, -0.2) is 25.5 Å². The van der Waals surface area contributed by atoms with Crippen molar-refractivity contribution in [2.45, 2.75) is 13.8 Å². The Morgan fingerprint density at radius 3 is 2.49 bits per heavy atom. The standard InChI is InChI=1S/C27H24ClN3O4/c1-17-8-7-11-23(18(17)2)31-27(33)20(15-29)12-19-13-22(28)26(24(14-19)34-3)35-16-25(32)30-21-9-5-4-6-10-21/h4-14H,16H2,1-3H3,(H,30,32)(H,31,33)/b20-12+. The van der Waals surface area contributed by atoms with Gasteiger partial charge >= 0.3 is 0 Å². The summed E-state index contributed by atoms with van der Waals surface area (Å²) in [7, 11) is 1.43. The highest BCUT2D eigenvalue weighted by Gasteiger charge is 2.16. The van der Waals surface area contributed by atoms with E-state index in [1.165, 1.54) is 19.3 Å². The lowest BCUT2D eigenvalue weighted by molar-refractivity contribution is -0.118. The van der Waals surface area contributed by atoms with Gasteiger partial charge in [-0.15, -0.1) is 0 Å². The van der Waals surface area contributed by atoms with Crippen LogP contribution in [0.5, 0.6) is 11.5 Å². The van der Waals surface area contributed by atoms with E-state index in [1.807, 2.05) is 38.1 Å². The summed E-state index contributed by atoms with van der Waals surface area (Å²) in [5.74, 6) is -0.487. The number of halogens is 1. The Kier molecular flexibility index (Phi) is 8.49. The number of amides is 2. The highest BCUT2D eigenvalue weighted by molar-refractivity contribution is 6.32. The van der Waals surface area contributed by atoms with Crippen molar-refractivity contribution in [3.05, 3.63) is 87.9 Å². The van der Waals surface area contributed by atoms with Gasteiger partial charge in [0.2, 0.25) is 0 Å². The number of carbonyl (C=O) groups excluding carboxylic acids is 2. The van der Waals surface area contributed by atoms with Crippen LogP contribution in [0.3, 0.4) is 0 Å². The van der Waals surface area contributed by atoms with Gasteiger partial charge in [-0.2, -0.15) is 5.26 Å². The van der Waals surface area contributed by atoms with Crippen LogP contribution in [0.4, 0.5) is 11.4 Å². The molecule has 0 heterocycles. The van der Waals surface area contributed by atoms with Crippen LogP contribution in [0.25, 0.3) is 6.08 Å². The van der Waals surface area contributed by atoms with Crippen molar-refractivity contribution < 1.29 is 19.1 Å². The maximum absolute atomic E-state index is 12.7. The van der Waals surface area contributed by atoms with Gasteiger partial charge in [-0.05, 0) is 66.9 Å². The molecule has 0 bridgehead atoms. The van der Waals surface area contributed by atoms with Gasteiger partial charge in [0, 0.05) is 11.4 Å². The van der Waals surface area contributed by atoms with Crippen molar-refractivity contribution in [1.29, 1.82) is 5.26 Å². The van der Waals surface area contributed by atoms with Gasteiger partial charge in [0.25, 0.3) is 11.8 Å². The molecule has 7 nitrogen and oxygen atoms in total. The average molecular weight is 490 g/mol. The molecule has 35 heavy (non-hydrogen) atoms. The molecule has 0 atom stereocenters. The number of rotatable bonds is 8. The van der Waals surface area contributed by atoms with Crippen LogP contribution in [0.2, 0.25) is 5.02 Å². The highest BCUT2D eigenvalue weighted by atomic mass is 35.5. The molecule has 0 fully saturated rings. The molecule has 0 radical (unpaired) electrons. The average Bonchev–Trinajstić information content (AvgIpc) is 2.84. The molecule has 3 rings (SSSR count). The predicted molar refractivity (Wildman–Crippen MR) is 137 cm³/mol. The SMILES string of the molecule is COc1cc(/C=C(\C#N)C(=O)Nc2cccc(C)c2C)cc(Cl)c1OCC(=O)Nc1ccccc1. The minimum Gasteiger partial charge on any atom is -0.493 e. The number of para-hydroxylation sites is 1. The van der Waals surface area contributed by atoms with E-state index in [9.17, 15) is 14.9 Å². The summed E-state index contributed by atoms with van der Waals surface area (Å²) in [6.45, 7) is 3.54. The molecular formula is C27H24ClN3O4. The molecule has 0 aliphatic heterocycles. The first kappa shape index (κ1) is 25.3. The summed E-state index contributed by atoms with van der Waals surface area (Å²) in [6.07, 6.45) is 1.40. The summed E-state index contributed by atoms with van der Waals surface area (Å²) in [6, 6.07) is 19.5. The molecule has 0 unspecified atom stereocenters. The third kappa shape index (κ3) is 6.62. The van der Waals surface area contributed by atoms with Crippen molar-refractivity contribution in [3.8, 4) is 17.6 Å². The fraction of sp³-hybridized carbons (Fsp3) is 0.148. The topological polar surface area (TPSA) is 100 Å². The lowest BCUT2D eigenvalue weighted by Gasteiger charge is -2.14. The van der Waals surface area contributed by atoms with E-state index in [0.717, 1.165) is 11.1 Å². The van der Waals surface area contributed by atoms with E-state index in [-0.39, 0.29) is 34.6 Å². The molecule has 2 N–H and O–H groups in total. The van der Waals surface area contributed by atoms with E-state index in [4.69, 9.17) is 21.1 Å². The van der Waals surface area contributed by atoms with Crippen LogP contribution < -0.4 is 20.1 Å². The van der Waals surface area contributed by atoms with Crippen LogP contribution in [0, 0.1) is 25.2 Å². The van der Waals surface area contributed by atoms with Gasteiger partial charge in [0.1, 0.15) is 11.6 Å². The number of nitrogens with zero attached hydrogens (tertiary/aromatic N) is 1. The van der Waals surface area contributed by atoms with Crippen LogP contribution in [0.15, 0.2) is 66.2 Å². The van der Waals surface area contributed by atoms with Crippen molar-refractivity contribution in [1.82, 2.24) is 0 Å². The fourth-order valence-corrected chi connectivity index (χ4v) is 3.48. The Hall–Kier alpha value is -4.28. The van der Waals surface area contributed by atoms with E-state index in [2.05, 4.69) is 10.6 Å². The first-order chi connectivity index (χ1) is 16.8. The zero-order chi connectivity index (χ0) is 25.4. The Balaban J connectivity index is 1.76. The van der Waals surface area contributed by atoms with Crippen LogP contribution in [0.1, 0.15) is 16.7 Å². The smallest absolute Gasteiger partial charge is 0.266 e. The monoisotopic (exact) mass is 489 g/mol. The molecular weight excluding hydrogens is 466 g/mol. The van der Waals surface area contributed by atoms with E-state index in [1.54, 1.807) is 36.4 Å². The van der Waals surface area contributed by atoms with E-state index >= 15 is 0 Å². The molecule has 3 aromatic rings. The summed E-state index contributed by atoms with van der Waals surface area (Å²) in [5.41, 5.74) is 3.56. The maximum Gasteiger partial charge on any atom is 0.266 e. The second kappa shape index (κ2) is 11.7. The molecule has 0 saturated heterocycles. The van der Waals surface area contributed by atoms with Crippen LogP contribution >= 0.6 is 11.6 Å². The molecule has 0 aliphatic rings. The summed E-state index contributed by atoms with van der Waals surface area (Å²) < 4.78 is 11.0. The van der Waals surface area contributed by atoms with Crippen molar-refractivity contribution in [2.24, 2.45) is 0 Å². The van der Waals surface area contributed by atoms with Crippen molar-refractivity contribution in [3.63, 3.8) is 0 Å². The second-order valence-electron chi connectivity index (χ2n) is 7.61.